The summed E-state index contributed by atoms with van der Waals surface area (Å²) in [7, 11) is 1.55. The smallest absolute Gasteiger partial charge is 0.306 e. The number of hydrogen-bond donors (Lipinski definition) is 2. The topological polar surface area (TPSA) is 128 Å². The summed E-state index contributed by atoms with van der Waals surface area (Å²) in [5.41, 5.74) is -1.36. The molecule has 9 heteroatoms. The molecule has 0 aromatic rings. The van der Waals surface area contributed by atoms with Gasteiger partial charge in [-0.25, -0.2) is 0 Å². The van der Waals surface area contributed by atoms with Gasteiger partial charge in [0.25, 0.3) is 0 Å². The molecule has 6 aliphatic rings. The van der Waals surface area contributed by atoms with E-state index in [2.05, 4.69) is 19.2 Å². The highest BCUT2D eigenvalue weighted by Gasteiger charge is 2.76. The normalized spacial score (nSPS) is 41.9. The van der Waals surface area contributed by atoms with Crippen molar-refractivity contribution in [2.45, 2.75) is 115 Å². The summed E-state index contributed by atoms with van der Waals surface area (Å²) < 4.78 is 19.1. The molecule has 0 aromatic carbocycles. The van der Waals surface area contributed by atoms with Crippen molar-refractivity contribution in [2.24, 2.45) is 34.5 Å². The fraction of sp³-hybridized carbons (Fsp3) is 0.765. The van der Waals surface area contributed by atoms with Crippen LogP contribution in [0.15, 0.2) is 23.8 Å². The van der Waals surface area contributed by atoms with Crippen molar-refractivity contribution in [2.75, 3.05) is 13.7 Å². The number of carbonyl (C=O) groups is 4. The first-order chi connectivity index (χ1) is 20.5. The zero-order valence-electron chi connectivity index (χ0n) is 25.8. The third-order valence-corrected chi connectivity index (χ3v) is 12.1. The zero-order valence-corrected chi connectivity index (χ0v) is 25.8. The number of fused-ring (bicyclic) bond motifs is 7. The van der Waals surface area contributed by atoms with Crippen molar-refractivity contribution >= 4 is 23.4 Å². The summed E-state index contributed by atoms with van der Waals surface area (Å²) in [4.78, 5) is 50.7. The first-order valence-electron chi connectivity index (χ1n) is 16.4. The molecule has 9 atom stereocenters. The van der Waals surface area contributed by atoms with Crippen LogP contribution in [-0.4, -0.2) is 66.3 Å². The summed E-state index contributed by atoms with van der Waals surface area (Å²) in [5, 5.41) is 14.5. The number of hydrogen-bond acceptors (Lipinski definition) is 8. The van der Waals surface area contributed by atoms with Crippen LogP contribution in [0.5, 0.6) is 0 Å². The van der Waals surface area contributed by atoms with Gasteiger partial charge in [0.05, 0.1) is 12.2 Å². The Morgan fingerprint density at radius 2 is 1.88 bits per heavy atom. The maximum atomic E-state index is 14.4. The second-order valence-corrected chi connectivity index (χ2v) is 14.3. The minimum absolute atomic E-state index is 0.000239. The monoisotopic (exact) mass is 597 g/mol. The van der Waals surface area contributed by atoms with Crippen LogP contribution in [0.25, 0.3) is 0 Å². The second-order valence-electron chi connectivity index (χ2n) is 14.3. The summed E-state index contributed by atoms with van der Waals surface area (Å²) in [6.07, 6.45) is 12.3. The van der Waals surface area contributed by atoms with Crippen LogP contribution in [0, 0.1) is 34.5 Å². The largest absolute Gasteiger partial charge is 0.458 e. The van der Waals surface area contributed by atoms with E-state index in [0.29, 0.717) is 19.3 Å². The number of Topliss-reactive ketones (excluding diaryl/α,β-unsaturated/α-hetero) is 1. The van der Waals surface area contributed by atoms with Gasteiger partial charge in [-0.3, -0.25) is 19.2 Å². The van der Waals surface area contributed by atoms with Gasteiger partial charge in [-0.1, -0.05) is 44.8 Å². The zero-order chi connectivity index (χ0) is 30.6. The molecule has 0 unspecified atom stereocenters. The number of carbonyl (C=O) groups excluding carboxylic acids is 4. The Hall–Kier alpha value is -2.36. The number of amides is 1. The van der Waals surface area contributed by atoms with E-state index in [9.17, 15) is 24.3 Å². The van der Waals surface area contributed by atoms with Crippen LogP contribution < -0.4 is 5.32 Å². The Balaban J connectivity index is 1.27. The number of ether oxygens (including phenoxy) is 3. The van der Waals surface area contributed by atoms with Crippen molar-refractivity contribution in [3.05, 3.63) is 23.8 Å². The predicted molar refractivity (Wildman–Crippen MR) is 156 cm³/mol. The standard InChI is InChI=1S/C34H47NO8/c1-32-15-14-22(36)16-21(32)12-13-23-24-17-27-34(33(24,2)18-25(37)30(23)32,43-31(42-27)20-8-5-4-6-9-20)26(38)19-41-29(40)11-7-10-28(39)35-3/h14-16,20,23-25,27,30-31,37H,4-13,17-19H2,1-3H3,(H,35,39)/t23-,24-,25-,27+,30+,31+,32-,33-,34+/m0/s1. The number of ketones is 2. The summed E-state index contributed by atoms with van der Waals surface area (Å²) in [5.74, 6) is -0.638. The van der Waals surface area contributed by atoms with Gasteiger partial charge in [0.1, 0.15) is 0 Å². The highest BCUT2D eigenvalue weighted by Crippen LogP contribution is 2.70. The molecular weight excluding hydrogens is 550 g/mol. The van der Waals surface area contributed by atoms with E-state index in [1.54, 1.807) is 19.2 Å². The number of allylic oxidation sites excluding steroid dienone is 4. The average Bonchev–Trinajstić information content (AvgIpc) is 3.49. The van der Waals surface area contributed by atoms with Crippen molar-refractivity contribution < 1.29 is 38.5 Å². The van der Waals surface area contributed by atoms with Gasteiger partial charge in [-0.05, 0) is 68.9 Å². The third kappa shape index (κ3) is 4.94. The maximum absolute atomic E-state index is 14.4. The summed E-state index contributed by atoms with van der Waals surface area (Å²) >= 11 is 0. The lowest BCUT2D eigenvalue weighted by Gasteiger charge is -2.59. The van der Waals surface area contributed by atoms with Crippen molar-refractivity contribution in [1.82, 2.24) is 5.32 Å². The molecule has 4 saturated carbocycles. The Morgan fingerprint density at radius 1 is 1.12 bits per heavy atom. The number of rotatable bonds is 8. The van der Waals surface area contributed by atoms with Crippen molar-refractivity contribution in [1.29, 1.82) is 0 Å². The fourth-order valence-corrected chi connectivity index (χ4v) is 10.1. The molecule has 5 fully saturated rings. The molecule has 9 nitrogen and oxygen atoms in total. The van der Waals surface area contributed by atoms with Gasteiger partial charge < -0.3 is 24.6 Å². The molecule has 0 spiro atoms. The lowest BCUT2D eigenvalue weighted by atomic mass is 9.46. The third-order valence-electron chi connectivity index (χ3n) is 12.1. The molecule has 1 saturated heterocycles. The van der Waals surface area contributed by atoms with E-state index in [-0.39, 0.29) is 54.0 Å². The van der Waals surface area contributed by atoms with Crippen LogP contribution in [0.2, 0.25) is 0 Å². The molecule has 6 rings (SSSR count). The van der Waals surface area contributed by atoms with Crippen LogP contribution in [0.4, 0.5) is 0 Å². The first kappa shape index (κ1) is 30.7. The second kappa shape index (κ2) is 11.5. The van der Waals surface area contributed by atoms with E-state index < -0.39 is 47.5 Å². The molecule has 0 bridgehead atoms. The molecule has 43 heavy (non-hydrogen) atoms. The Kier molecular flexibility index (Phi) is 8.22. The minimum atomic E-state index is -1.32. The first-order valence-corrected chi connectivity index (χ1v) is 16.4. The summed E-state index contributed by atoms with van der Waals surface area (Å²) in [6.45, 7) is 3.80. The molecular formula is C34H47NO8. The van der Waals surface area contributed by atoms with E-state index in [1.165, 1.54) is 6.42 Å². The fourth-order valence-electron chi connectivity index (χ4n) is 10.1. The average molecular weight is 598 g/mol. The molecule has 5 aliphatic carbocycles. The molecule has 2 N–H and O–H groups in total. The Morgan fingerprint density at radius 3 is 2.63 bits per heavy atom. The molecule has 1 aliphatic heterocycles. The molecule has 0 aromatic heterocycles. The van der Waals surface area contributed by atoms with E-state index in [1.807, 2.05) is 6.08 Å². The Labute approximate surface area is 254 Å². The van der Waals surface area contributed by atoms with Crippen molar-refractivity contribution in [3.63, 3.8) is 0 Å². The van der Waals surface area contributed by atoms with Gasteiger partial charge in [-0.15, -0.1) is 0 Å². The number of nitrogens with one attached hydrogen (secondary N) is 1. The minimum Gasteiger partial charge on any atom is -0.458 e. The molecule has 1 amide bonds. The van der Waals surface area contributed by atoms with Crippen LogP contribution in [-0.2, 0) is 33.4 Å². The molecule has 0 radical (unpaired) electrons. The lowest BCUT2D eigenvalue weighted by molar-refractivity contribution is -0.210. The van der Waals surface area contributed by atoms with Crippen LogP contribution >= 0.6 is 0 Å². The van der Waals surface area contributed by atoms with Crippen molar-refractivity contribution in [3.8, 4) is 0 Å². The van der Waals surface area contributed by atoms with E-state index >= 15 is 0 Å². The number of aliphatic hydroxyl groups is 1. The van der Waals surface area contributed by atoms with Crippen LogP contribution in [0.3, 0.4) is 0 Å². The quantitative estimate of drug-likeness (QED) is 0.403. The molecule has 236 valence electrons. The van der Waals surface area contributed by atoms with Gasteiger partial charge in [-0.2, -0.15) is 0 Å². The Bertz CT molecular complexity index is 1220. The molecule has 1 heterocycles. The van der Waals surface area contributed by atoms with Gasteiger partial charge in [0.15, 0.2) is 24.3 Å². The van der Waals surface area contributed by atoms with E-state index in [0.717, 1.165) is 44.1 Å². The van der Waals surface area contributed by atoms with Gasteiger partial charge in [0.2, 0.25) is 11.7 Å². The number of aliphatic hydroxyl groups excluding tert-OH is 1. The van der Waals surface area contributed by atoms with Crippen LogP contribution in [0.1, 0.15) is 90.9 Å². The SMILES string of the molecule is CNC(=O)CCCC(=O)OCC(=O)[C@@]12O[C@H](C3CCCCC3)O[C@@H]1C[C@H]1[C@@H]3CCC4=CC(=O)C=C[C@]4(C)[C@H]3[C@@H](O)C[C@@]12C. The maximum Gasteiger partial charge on any atom is 0.306 e. The number of esters is 1. The highest BCUT2D eigenvalue weighted by molar-refractivity contribution is 6.01. The van der Waals surface area contributed by atoms with E-state index in [4.69, 9.17) is 14.2 Å². The summed E-state index contributed by atoms with van der Waals surface area (Å²) in [6, 6.07) is 0. The highest BCUT2D eigenvalue weighted by atomic mass is 16.7. The lowest BCUT2D eigenvalue weighted by Crippen LogP contribution is -2.63. The van der Waals surface area contributed by atoms with Gasteiger partial charge in [0, 0.05) is 42.6 Å². The van der Waals surface area contributed by atoms with Gasteiger partial charge >= 0.3 is 5.97 Å². The predicted octanol–water partition coefficient (Wildman–Crippen LogP) is 3.96.